The van der Waals surface area contributed by atoms with E-state index in [0.717, 1.165) is 31.4 Å². The monoisotopic (exact) mass is 246 g/mol. The molecule has 1 aromatic heterocycles. The predicted octanol–water partition coefficient (Wildman–Crippen LogP) is 2.93. The first kappa shape index (κ1) is 11.3. The van der Waals surface area contributed by atoms with E-state index in [4.69, 9.17) is 0 Å². The zero-order valence-corrected chi connectivity index (χ0v) is 10.1. The van der Waals surface area contributed by atoms with Gasteiger partial charge in [-0.2, -0.15) is 0 Å². The van der Waals surface area contributed by atoms with Crippen molar-refractivity contribution in [3.63, 3.8) is 0 Å². The first-order valence-electron chi connectivity index (χ1n) is 6.31. The number of halogens is 1. The van der Waals surface area contributed by atoms with Gasteiger partial charge in [-0.25, -0.2) is 4.39 Å². The molecule has 0 radical (unpaired) electrons. The molecule has 4 heteroatoms. The molecular weight excluding hydrogens is 231 g/mol. The number of likely N-dealkylation sites (tertiary alicyclic amines) is 1. The second kappa shape index (κ2) is 4.44. The summed E-state index contributed by atoms with van der Waals surface area (Å²) >= 11 is 0. The molecule has 3 nitrogen and oxygen atoms in total. The van der Waals surface area contributed by atoms with Gasteiger partial charge < -0.3 is 9.88 Å². The third kappa shape index (κ3) is 1.88. The number of aromatic amines is 1. The number of hydrogen-bond acceptors (Lipinski definition) is 1. The highest BCUT2D eigenvalue weighted by Gasteiger charge is 2.20. The van der Waals surface area contributed by atoms with Crippen molar-refractivity contribution >= 4 is 16.8 Å². The van der Waals surface area contributed by atoms with Crippen LogP contribution >= 0.6 is 0 Å². The van der Waals surface area contributed by atoms with Crippen molar-refractivity contribution in [2.45, 2.75) is 19.3 Å². The average Bonchev–Trinajstić information content (AvgIpc) is 2.82. The van der Waals surface area contributed by atoms with E-state index in [2.05, 4.69) is 4.98 Å². The first-order chi connectivity index (χ1) is 8.75. The highest BCUT2D eigenvalue weighted by molar-refractivity contribution is 6.06. The Balaban J connectivity index is 1.98. The van der Waals surface area contributed by atoms with E-state index in [-0.39, 0.29) is 11.7 Å². The van der Waals surface area contributed by atoms with Gasteiger partial charge in [0, 0.05) is 30.2 Å². The van der Waals surface area contributed by atoms with Crippen molar-refractivity contribution in [1.29, 1.82) is 0 Å². The van der Waals surface area contributed by atoms with Crippen LogP contribution in [0.4, 0.5) is 4.39 Å². The first-order valence-corrected chi connectivity index (χ1v) is 6.31. The SMILES string of the molecule is O=C(c1c[nH]c2ccc(F)cc12)N1CCCCC1. The molecule has 0 spiro atoms. The number of nitrogens with zero attached hydrogens (tertiary/aromatic N) is 1. The number of benzene rings is 1. The van der Waals surface area contributed by atoms with Crippen molar-refractivity contribution in [3.8, 4) is 0 Å². The summed E-state index contributed by atoms with van der Waals surface area (Å²) in [6.07, 6.45) is 4.98. The van der Waals surface area contributed by atoms with Crippen LogP contribution in [0.5, 0.6) is 0 Å². The number of fused-ring (bicyclic) bond motifs is 1. The van der Waals surface area contributed by atoms with Crippen molar-refractivity contribution in [2.75, 3.05) is 13.1 Å². The van der Waals surface area contributed by atoms with Crippen LogP contribution in [0.3, 0.4) is 0 Å². The summed E-state index contributed by atoms with van der Waals surface area (Å²) in [5, 5.41) is 0.672. The topological polar surface area (TPSA) is 36.1 Å². The molecule has 0 bridgehead atoms. The Morgan fingerprint density at radius 2 is 2.00 bits per heavy atom. The summed E-state index contributed by atoms with van der Waals surface area (Å²) in [6.45, 7) is 1.61. The van der Waals surface area contributed by atoms with Crippen molar-refractivity contribution in [1.82, 2.24) is 9.88 Å². The molecule has 1 fully saturated rings. The van der Waals surface area contributed by atoms with Gasteiger partial charge in [0.25, 0.3) is 5.91 Å². The minimum Gasteiger partial charge on any atom is -0.360 e. The van der Waals surface area contributed by atoms with Crippen LogP contribution in [-0.2, 0) is 0 Å². The lowest BCUT2D eigenvalue weighted by atomic mass is 10.1. The fraction of sp³-hybridized carbons (Fsp3) is 0.357. The summed E-state index contributed by atoms with van der Waals surface area (Å²) in [6, 6.07) is 4.48. The molecule has 1 N–H and O–H groups in total. The fourth-order valence-corrected chi connectivity index (χ4v) is 2.54. The molecule has 1 aliphatic heterocycles. The van der Waals surface area contributed by atoms with Crippen molar-refractivity contribution in [2.24, 2.45) is 0 Å². The van der Waals surface area contributed by atoms with Crippen LogP contribution in [0.1, 0.15) is 29.6 Å². The Hall–Kier alpha value is -1.84. The molecule has 1 amide bonds. The number of rotatable bonds is 1. The maximum absolute atomic E-state index is 13.3. The third-order valence-corrected chi connectivity index (χ3v) is 3.52. The lowest BCUT2D eigenvalue weighted by molar-refractivity contribution is 0.0726. The van der Waals surface area contributed by atoms with Gasteiger partial charge in [0.05, 0.1) is 5.56 Å². The summed E-state index contributed by atoms with van der Waals surface area (Å²) < 4.78 is 13.3. The number of aromatic nitrogens is 1. The van der Waals surface area contributed by atoms with Gasteiger partial charge in [0.2, 0.25) is 0 Å². The Morgan fingerprint density at radius 1 is 1.22 bits per heavy atom. The fourth-order valence-electron chi connectivity index (χ4n) is 2.54. The standard InChI is InChI=1S/C14H15FN2O/c15-10-4-5-13-11(8-10)12(9-16-13)14(18)17-6-2-1-3-7-17/h4-5,8-9,16H,1-3,6-7H2. The number of amides is 1. The van der Waals surface area contributed by atoms with Gasteiger partial charge in [-0.05, 0) is 37.5 Å². The minimum absolute atomic E-state index is 0.00606. The number of nitrogens with one attached hydrogen (secondary N) is 1. The highest BCUT2D eigenvalue weighted by Crippen LogP contribution is 2.22. The molecule has 0 saturated carbocycles. The normalized spacial score (nSPS) is 16.2. The van der Waals surface area contributed by atoms with E-state index in [1.807, 2.05) is 4.90 Å². The molecule has 0 atom stereocenters. The van der Waals surface area contributed by atoms with Gasteiger partial charge in [-0.1, -0.05) is 0 Å². The maximum atomic E-state index is 13.3. The zero-order valence-electron chi connectivity index (χ0n) is 10.1. The zero-order chi connectivity index (χ0) is 12.5. The van der Waals surface area contributed by atoms with Gasteiger partial charge in [-0.3, -0.25) is 4.79 Å². The van der Waals surface area contributed by atoms with Crippen LogP contribution in [0, 0.1) is 5.82 Å². The van der Waals surface area contributed by atoms with Crippen LogP contribution in [0.25, 0.3) is 10.9 Å². The van der Waals surface area contributed by atoms with E-state index in [0.29, 0.717) is 10.9 Å². The molecule has 2 aromatic rings. The quantitative estimate of drug-likeness (QED) is 0.825. The maximum Gasteiger partial charge on any atom is 0.256 e. The Labute approximate surface area is 105 Å². The van der Waals surface area contributed by atoms with Crippen LogP contribution < -0.4 is 0 Å². The van der Waals surface area contributed by atoms with Crippen LogP contribution in [0.15, 0.2) is 24.4 Å². The summed E-state index contributed by atoms with van der Waals surface area (Å²) in [5.41, 5.74) is 1.38. The molecule has 2 heterocycles. The van der Waals surface area contributed by atoms with E-state index in [1.165, 1.54) is 18.6 Å². The summed E-state index contributed by atoms with van der Waals surface area (Å²) in [5.74, 6) is -0.304. The number of carbonyl (C=O) groups excluding carboxylic acids is 1. The highest BCUT2D eigenvalue weighted by atomic mass is 19.1. The second-order valence-corrected chi connectivity index (χ2v) is 4.75. The van der Waals surface area contributed by atoms with Gasteiger partial charge in [-0.15, -0.1) is 0 Å². The van der Waals surface area contributed by atoms with Crippen LogP contribution in [-0.4, -0.2) is 28.9 Å². The minimum atomic E-state index is -0.310. The van der Waals surface area contributed by atoms with E-state index < -0.39 is 0 Å². The second-order valence-electron chi connectivity index (χ2n) is 4.75. The van der Waals surface area contributed by atoms with Crippen LogP contribution in [0.2, 0.25) is 0 Å². The number of carbonyl (C=O) groups is 1. The smallest absolute Gasteiger partial charge is 0.256 e. The Kier molecular flexibility index (Phi) is 2.78. The Bertz CT molecular complexity index is 584. The van der Waals surface area contributed by atoms with E-state index >= 15 is 0 Å². The van der Waals surface area contributed by atoms with Crippen molar-refractivity contribution in [3.05, 3.63) is 35.8 Å². The third-order valence-electron chi connectivity index (χ3n) is 3.52. The summed E-state index contributed by atoms with van der Waals surface area (Å²) in [7, 11) is 0. The molecule has 0 unspecified atom stereocenters. The number of hydrogen-bond donors (Lipinski definition) is 1. The molecule has 0 aliphatic carbocycles. The molecule has 3 rings (SSSR count). The number of piperidine rings is 1. The lowest BCUT2D eigenvalue weighted by Crippen LogP contribution is -2.35. The largest absolute Gasteiger partial charge is 0.360 e. The lowest BCUT2D eigenvalue weighted by Gasteiger charge is -2.26. The van der Waals surface area contributed by atoms with E-state index in [1.54, 1.807) is 12.3 Å². The average molecular weight is 246 g/mol. The Morgan fingerprint density at radius 3 is 2.78 bits per heavy atom. The molecular formula is C14H15FN2O. The van der Waals surface area contributed by atoms with E-state index in [9.17, 15) is 9.18 Å². The molecule has 1 aromatic carbocycles. The van der Waals surface area contributed by atoms with Gasteiger partial charge in [0.1, 0.15) is 5.82 Å². The van der Waals surface area contributed by atoms with Gasteiger partial charge in [0.15, 0.2) is 0 Å². The predicted molar refractivity (Wildman–Crippen MR) is 68.0 cm³/mol. The molecule has 1 aliphatic rings. The molecule has 18 heavy (non-hydrogen) atoms. The van der Waals surface area contributed by atoms with Gasteiger partial charge >= 0.3 is 0 Å². The molecule has 1 saturated heterocycles. The summed E-state index contributed by atoms with van der Waals surface area (Å²) in [4.78, 5) is 17.2. The number of H-pyrrole nitrogens is 1. The van der Waals surface area contributed by atoms with Crippen molar-refractivity contribution < 1.29 is 9.18 Å². The molecule has 94 valence electrons.